The van der Waals surface area contributed by atoms with Gasteiger partial charge in [0.1, 0.15) is 0 Å². The van der Waals surface area contributed by atoms with Gasteiger partial charge in [0.05, 0.1) is 0 Å². The number of anilines is 2. The average Bonchev–Trinajstić information content (AvgIpc) is 2.50. The van der Waals surface area contributed by atoms with Gasteiger partial charge in [-0.3, -0.25) is 0 Å². The molecule has 2 aromatic carbocycles. The molecule has 2 aromatic rings. The van der Waals surface area contributed by atoms with Crippen LogP contribution in [0.3, 0.4) is 0 Å². The Morgan fingerprint density at radius 1 is 0.536 bits per heavy atom. The molecule has 0 atom stereocenters. The molecule has 0 aromatic heterocycles. The van der Waals surface area contributed by atoms with E-state index in [1.165, 1.54) is 44.8 Å². The zero-order valence-corrected chi connectivity index (χ0v) is 20.7. The van der Waals surface area contributed by atoms with Crippen molar-refractivity contribution in [2.45, 2.75) is 41.5 Å². The Kier molecular flexibility index (Phi) is 15.1. The Morgan fingerprint density at radius 2 is 0.821 bits per heavy atom. The maximum atomic E-state index is 3.56. The number of nitrogens with one attached hydrogen (secondary N) is 3. The molecule has 0 heterocycles. The largest absolute Gasteiger partial charge is 2.00 e. The Hall–Kier alpha value is -0.680. The molecule has 28 heavy (non-hydrogen) atoms. The molecule has 161 valence electrons. The van der Waals surface area contributed by atoms with Crippen LogP contribution in [0, 0.1) is 41.5 Å². The fraction of sp³-hybridized carbons (Fsp3) is 0.455. The van der Waals surface area contributed by atoms with Crippen molar-refractivity contribution in [2.75, 3.05) is 36.8 Å². The molecule has 0 bridgehead atoms. The summed E-state index contributed by atoms with van der Waals surface area (Å²) in [4.78, 5) is 0. The molecule has 0 fully saturated rings. The van der Waals surface area contributed by atoms with E-state index in [2.05, 4.69) is 81.8 Å². The summed E-state index contributed by atoms with van der Waals surface area (Å²) >= 11 is 0. The van der Waals surface area contributed by atoms with E-state index in [1.54, 1.807) is 0 Å². The van der Waals surface area contributed by atoms with E-state index in [1.807, 2.05) is 0 Å². The normalized spacial score (nSPS) is 9.64. The molecule has 3 nitrogen and oxygen atoms in total. The zero-order valence-electron chi connectivity index (χ0n) is 17.7. The summed E-state index contributed by atoms with van der Waals surface area (Å²) in [6.07, 6.45) is 0. The molecule has 0 spiro atoms. The number of hydrogen-bond acceptors (Lipinski definition) is 3. The van der Waals surface area contributed by atoms with Crippen LogP contribution in [0.2, 0.25) is 0 Å². The number of aryl methyl sites for hydroxylation is 6. The van der Waals surface area contributed by atoms with Gasteiger partial charge in [-0.1, -0.05) is 35.4 Å². The number of hydrogen-bond donors (Lipinski definition) is 3. The maximum absolute atomic E-state index is 3.56. The van der Waals surface area contributed by atoms with Gasteiger partial charge in [0, 0.05) is 37.6 Å². The van der Waals surface area contributed by atoms with E-state index < -0.39 is 0 Å². The smallest absolute Gasteiger partial charge is 1.00 e. The quantitative estimate of drug-likeness (QED) is 0.299. The van der Waals surface area contributed by atoms with E-state index in [0.717, 1.165) is 26.2 Å². The average molecular weight is 518 g/mol. The predicted molar refractivity (Wildman–Crippen MR) is 111 cm³/mol. The van der Waals surface area contributed by atoms with Gasteiger partial charge in [-0.05, 0) is 63.8 Å². The topological polar surface area (TPSA) is 36.1 Å². The number of halogens is 2. The SMILES string of the molecule is Cc1cc(C)c(NCCNCCNc2c(C)cc(C)cc2C)c(C)c1.[Ag+2].[Cl-].[Cl-]. The summed E-state index contributed by atoms with van der Waals surface area (Å²) in [5.74, 6) is 0. The van der Waals surface area contributed by atoms with Crippen LogP contribution in [0.15, 0.2) is 24.3 Å². The van der Waals surface area contributed by atoms with Gasteiger partial charge in [-0.25, -0.2) is 0 Å². The molecule has 0 saturated heterocycles. The first-order valence-corrected chi connectivity index (χ1v) is 9.22. The van der Waals surface area contributed by atoms with Gasteiger partial charge < -0.3 is 40.8 Å². The molecule has 0 aliphatic heterocycles. The molecular formula is C22H33AgCl2N3. The monoisotopic (exact) mass is 516 g/mol. The molecule has 0 aliphatic rings. The fourth-order valence-electron chi connectivity index (χ4n) is 3.59. The van der Waals surface area contributed by atoms with E-state index in [-0.39, 0.29) is 47.2 Å². The Bertz CT molecular complexity index is 628. The standard InChI is InChI=1S/C22H33N3.Ag.2ClH/c1-15-11-17(3)21(18(4)12-15)24-9-7-23-8-10-25-22-19(5)13-16(2)14-20(22)6;;;/h11-14,23-25H,7-10H2,1-6H3;;2*1H/q;+2;;/p-2. The molecule has 6 heteroatoms. The fourth-order valence-corrected chi connectivity index (χ4v) is 3.59. The van der Waals surface area contributed by atoms with Crippen molar-refractivity contribution in [3.05, 3.63) is 57.6 Å². The summed E-state index contributed by atoms with van der Waals surface area (Å²) in [6, 6.07) is 8.94. The van der Waals surface area contributed by atoms with Crippen LogP contribution in [-0.2, 0) is 22.4 Å². The summed E-state index contributed by atoms with van der Waals surface area (Å²) < 4.78 is 0. The summed E-state index contributed by atoms with van der Waals surface area (Å²) in [5, 5.41) is 10.6. The first-order valence-electron chi connectivity index (χ1n) is 9.22. The third kappa shape index (κ3) is 8.77. The summed E-state index contributed by atoms with van der Waals surface area (Å²) in [7, 11) is 0. The van der Waals surface area contributed by atoms with E-state index in [0.29, 0.717) is 0 Å². The van der Waals surface area contributed by atoms with Crippen molar-refractivity contribution >= 4 is 11.4 Å². The van der Waals surface area contributed by atoms with Crippen LogP contribution < -0.4 is 40.8 Å². The first kappa shape index (κ1) is 29.5. The van der Waals surface area contributed by atoms with Gasteiger partial charge in [-0.2, -0.15) is 0 Å². The summed E-state index contributed by atoms with van der Waals surface area (Å²) in [5.41, 5.74) is 10.5. The van der Waals surface area contributed by atoms with Gasteiger partial charge in [0.25, 0.3) is 0 Å². The molecule has 3 N–H and O–H groups in total. The third-order valence-electron chi connectivity index (χ3n) is 4.56. The zero-order chi connectivity index (χ0) is 18.4. The molecule has 2 rings (SSSR count). The Labute approximate surface area is 199 Å². The van der Waals surface area contributed by atoms with Crippen molar-refractivity contribution < 1.29 is 47.2 Å². The van der Waals surface area contributed by atoms with Gasteiger partial charge in [-0.15, -0.1) is 0 Å². The minimum absolute atomic E-state index is 0. The van der Waals surface area contributed by atoms with Crippen LogP contribution in [0.4, 0.5) is 11.4 Å². The molecule has 0 aliphatic carbocycles. The predicted octanol–water partition coefficient (Wildman–Crippen LogP) is -1.34. The van der Waals surface area contributed by atoms with E-state index in [9.17, 15) is 0 Å². The van der Waals surface area contributed by atoms with Gasteiger partial charge in [0.2, 0.25) is 0 Å². The van der Waals surface area contributed by atoms with E-state index >= 15 is 0 Å². The molecular weight excluding hydrogens is 485 g/mol. The van der Waals surface area contributed by atoms with Crippen molar-refractivity contribution in [1.82, 2.24) is 5.32 Å². The van der Waals surface area contributed by atoms with Crippen molar-refractivity contribution in [2.24, 2.45) is 0 Å². The number of benzene rings is 2. The maximum Gasteiger partial charge on any atom is 2.00 e. The van der Waals surface area contributed by atoms with Crippen LogP contribution in [-0.4, -0.2) is 26.2 Å². The van der Waals surface area contributed by atoms with Crippen molar-refractivity contribution in [3.63, 3.8) is 0 Å². The number of rotatable bonds is 8. The van der Waals surface area contributed by atoms with Crippen molar-refractivity contribution in [1.29, 1.82) is 0 Å². The second-order valence-corrected chi connectivity index (χ2v) is 7.15. The summed E-state index contributed by atoms with van der Waals surface area (Å²) in [6.45, 7) is 16.8. The Balaban J connectivity index is 0. The van der Waals surface area contributed by atoms with Crippen molar-refractivity contribution in [3.8, 4) is 0 Å². The molecule has 0 unspecified atom stereocenters. The molecule has 1 radical (unpaired) electrons. The van der Waals surface area contributed by atoms with Crippen LogP contribution in [0.5, 0.6) is 0 Å². The van der Waals surface area contributed by atoms with Crippen LogP contribution in [0.25, 0.3) is 0 Å². The van der Waals surface area contributed by atoms with E-state index in [4.69, 9.17) is 0 Å². The second kappa shape index (κ2) is 14.3. The van der Waals surface area contributed by atoms with Gasteiger partial charge >= 0.3 is 22.4 Å². The van der Waals surface area contributed by atoms with Crippen LogP contribution >= 0.6 is 0 Å². The first-order chi connectivity index (χ1) is 11.9. The minimum Gasteiger partial charge on any atom is -1.00 e. The molecule has 0 saturated carbocycles. The van der Waals surface area contributed by atoms with Crippen LogP contribution in [0.1, 0.15) is 33.4 Å². The third-order valence-corrected chi connectivity index (χ3v) is 4.56. The second-order valence-electron chi connectivity index (χ2n) is 7.15. The van der Waals surface area contributed by atoms with Gasteiger partial charge in [0.15, 0.2) is 0 Å². The Morgan fingerprint density at radius 3 is 1.11 bits per heavy atom. The minimum atomic E-state index is 0. The molecule has 0 amide bonds.